The minimum Gasteiger partial charge on any atom is -0.374 e. The highest BCUT2D eigenvalue weighted by atomic mass is 31.2. The number of nitrogens with two attached hydrogens (primary N) is 1. The molecule has 3 N–H and O–H groups in total. The Balaban J connectivity index is 2.00. The standard InChI is InChI=1S/C18H24NO4P/c1-14-7-3-5-9-16(14)11-18(23-24(19,20)21)13-22-12-17-10-6-4-8-15(17)2/h3-10,18H,11-13H2,1-2H3,(H3,19,20,21)/t18-/m0/s1. The monoisotopic (exact) mass is 349 g/mol. The molecule has 0 bridgehead atoms. The summed E-state index contributed by atoms with van der Waals surface area (Å²) >= 11 is 0. The second-order valence-corrected chi connectivity index (χ2v) is 7.20. The van der Waals surface area contributed by atoms with Gasteiger partial charge < -0.3 is 9.63 Å². The average molecular weight is 349 g/mol. The number of rotatable bonds is 8. The van der Waals surface area contributed by atoms with Crippen molar-refractivity contribution in [2.45, 2.75) is 33.0 Å². The molecule has 24 heavy (non-hydrogen) atoms. The highest BCUT2D eigenvalue weighted by Gasteiger charge is 2.21. The van der Waals surface area contributed by atoms with Crippen LogP contribution in [0.4, 0.5) is 0 Å². The second kappa shape index (κ2) is 8.56. The molecule has 0 aliphatic rings. The Morgan fingerprint density at radius 1 is 1.04 bits per heavy atom. The molecule has 0 aromatic heterocycles. The second-order valence-electron chi connectivity index (χ2n) is 5.86. The van der Waals surface area contributed by atoms with Crippen molar-refractivity contribution >= 4 is 7.75 Å². The lowest BCUT2D eigenvalue weighted by atomic mass is 10.0. The van der Waals surface area contributed by atoms with Crippen LogP contribution in [0, 0.1) is 13.8 Å². The zero-order chi connectivity index (χ0) is 17.6. The molecule has 5 nitrogen and oxygen atoms in total. The molecule has 0 heterocycles. The first kappa shape index (κ1) is 18.8. The van der Waals surface area contributed by atoms with Gasteiger partial charge in [-0.1, -0.05) is 48.5 Å². The molecule has 2 aromatic carbocycles. The molecule has 0 saturated heterocycles. The lowest BCUT2D eigenvalue weighted by Crippen LogP contribution is -2.23. The maximum Gasteiger partial charge on any atom is 0.400 e. The average Bonchev–Trinajstić information content (AvgIpc) is 2.50. The molecule has 0 spiro atoms. The molecule has 130 valence electrons. The van der Waals surface area contributed by atoms with Crippen molar-refractivity contribution in [1.82, 2.24) is 0 Å². The van der Waals surface area contributed by atoms with Crippen LogP contribution in [0.15, 0.2) is 48.5 Å². The van der Waals surface area contributed by atoms with Crippen LogP contribution in [-0.4, -0.2) is 17.6 Å². The van der Waals surface area contributed by atoms with E-state index in [9.17, 15) is 9.46 Å². The number of ether oxygens (including phenoxy) is 1. The van der Waals surface area contributed by atoms with Crippen LogP contribution >= 0.6 is 7.75 Å². The van der Waals surface area contributed by atoms with Crippen molar-refractivity contribution in [2.24, 2.45) is 5.50 Å². The van der Waals surface area contributed by atoms with E-state index in [1.54, 1.807) is 0 Å². The minimum atomic E-state index is -4.08. The van der Waals surface area contributed by atoms with Crippen LogP contribution in [0.5, 0.6) is 0 Å². The van der Waals surface area contributed by atoms with Crippen molar-refractivity contribution in [3.8, 4) is 0 Å². The maximum atomic E-state index is 11.4. The van der Waals surface area contributed by atoms with Gasteiger partial charge in [0.05, 0.1) is 19.3 Å². The van der Waals surface area contributed by atoms with Crippen molar-refractivity contribution < 1.29 is 18.7 Å². The van der Waals surface area contributed by atoms with E-state index in [0.29, 0.717) is 13.0 Å². The third kappa shape index (κ3) is 6.19. The molecule has 2 rings (SSSR count). The quantitative estimate of drug-likeness (QED) is 0.713. The molecular weight excluding hydrogens is 325 g/mol. The lowest BCUT2D eigenvalue weighted by Gasteiger charge is -2.20. The molecular formula is C18H24NO4P. The lowest BCUT2D eigenvalue weighted by molar-refractivity contribution is 0.0358. The zero-order valence-electron chi connectivity index (χ0n) is 14.0. The first-order valence-electron chi connectivity index (χ1n) is 7.81. The van der Waals surface area contributed by atoms with Gasteiger partial charge in [0.15, 0.2) is 0 Å². The van der Waals surface area contributed by atoms with Crippen molar-refractivity contribution in [3.05, 3.63) is 70.8 Å². The fourth-order valence-electron chi connectivity index (χ4n) is 2.50. The van der Waals surface area contributed by atoms with E-state index in [4.69, 9.17) is 14.8 Å². The van der Waals surface area contributed by atoms with E-state index in [1.165, 1.54) is 0 Å². The molecule has 6 heteroatoms. The van der Waals surface area contributed by atoms with Gasteiger partial charge in [-0.25, -0.2) is 10.1 Å². The largest absolute Gasteiger partial charge is 0.400 e. The van der Waals surface area contributed by atoms with Gasteiger partial charge in [0, 0.05) is 6.42 Å². The molecule has 0 saturated carbocycles. The van der Waals surface area contributed by atoms with E-state index < -0.39 is 13.9 Å². The van der Waals surface area contributed by atoms with Crippen molar-refractivity contribution in [3.63, 3.8) is 0 Å². The fourth-order valence-corrected chi connectivity index (χ4v) is 3.06. The Labute approximate surface area is 143 Å². The van der Waals surface area contributed by atoms with E-state index in [2.05, 4.69) is 0 Å². The first-order chi connectivity index (χ1) is 11.3. The molecule has 0 fully saturated rings. The predicted octanol–water partition coefficient (Wildman–Crippen LogP) is 3.51. The molecule has 0 radical (unpaired) electrons. The summed E-state index contributed by atoms with van der Waals surface area (Å²) in [4.78, 5) is 9.35. The van der Waals surface area contributed by atoms with Gasteiger partial charge in [0.2, 0.25) is 0 Å². The Morgan fingerprint density at radius 3 is 2.12 bits per heavy atom. The smallest absolute Gasteiger partial charge is 0.374 e. The van der Waals surface area contributed by atoms with Crippen LogP contribution in [-0.2, 0) is 26.9 Å². The summed E-state index contributed by atoms with van der Waals surface area (Å²) < 4.78 is 22.3. The Kier molecular flexibility index (Phi) is 6.72. The van der Waals surface area contributed by atoms with Gasteiger partial charge in [-0.15, -0.1) is 0 Å². The first-order valence-corrected chi connectivity index (χ1v) is 9.46. The van der Waals surface area contributed by atoms with Gasteiger partial charge >= 0.3 is 7.75 Å². The topological polar surface area (TPSA) is 81.8 Å². The van der Waals surface area contributed by atoms with E-state index in [-0.39, 0.29) is 6.61 Å². The molecule has 0 aliphatic heterocycles. The van der Waals surface area contributed by atoms with E-state index >= 15 is 0 Å². The summed E-state index contributed by atoms with van der Waals surface area (Å²) in [5.41, 5.74) is 9.51. The van der Waals surface area contributed by atoms with Crippen LogP contribution in [0.25, 0.3) is 0 Å². The predicted molar refractivity (Wildman–Crippen MR) is 94.6 cm³/mol. The summed E-state index contributed by atoms with van der Waals surface area (Å²) in [5.74, 6) is 0. The van der Waals surface area contributed by atoms with E-state index in [0.717, 1.165) is 22.3 Å². The Bertz CT molecular complexity index is 714. The van der Waals surface area contributed by atoms with Gasteiger partial charge in [0.1, 0.15) is 0 Å². The maximum absolute atomic E-state index is 11.4. The highest BCUT2D eigenvalue weighted by molar-refractivity contribution is 7.50. The minimum absolute atomic E-state index is 0.185. The fraction of sp³-hybridized carbons (Fsp3) is 0.333. The van der Waals surface area contributed by atoms with Crippen molar-refractivity contribution in [2.75, 3.05) is 6.61 Å². The zero-order valence-corrected chi connectivity index (χ0v) is 14.9. The van der Waals surface area contributed by atoms with E-state index in [1.807, 2.05) is 62.4 Å². The molecule has 2 atom stereocenters. The summed E-state index contributed by atoms with van der Waals surface area (Å²) in [6, 6.07) is 15.8. The van der Waals surface area contributed by atoms with Gasteiger partial charge in [-0.2, -0.15) is 0 Å². The highest BCUT2D eigenvalue weighted by Crippen LogP contribution is 2.34. The molecule has 0 aliphatic carbocycles. The summed E-state index contributed by atoms with van der Waals surface area (Å²) in [6.45, 7) is 4.61. The Hall–Kier alpha value is -1.49. The van der Waals surface area contributed by atoms with Crippen molar-refractivity contribution in [1.29, 1.82) is 0 Å². The summed E-state index contributed by atoms with van der Waals surface area (Å²) in [5, 5.41) is 0. The summed E-state index contributed by atoms with van der Waals surface area (Å²) in [6.07, 6.45) is -0.127. The van der Waals surface area contributed by atoms with Gasteiger partial charge in [-0.3, -0.25) is 4.52 Å². The number of benzene rings is 2. The number of hydrogen-bond acceptors (Lipinski definition) is 3. The third-order valence-electron chi connectivity index (χ3n) is 3.83. The molecule has 1 unspecified atom stereocenters. The number of aryl methyl sites for hydroxylation is 2. The Morgan fingerprint density at radius 2 is 1.58 bits per heavy atom. The normalized spacial score (nSPS) is 15.0. The summed E-state index contributed by atoms with van der Waals surface area (Å²) in [7, 11) is -4.08. The molecule has 0 amide bonds. The SMILES string of the molecule is Cc1ccccc1COC[C@H](Cc1ccccc1C)OP(N)(=O)O. The third-order valence-corrected chi connectivity index (χ3v) is 4.43. The van der Waals surface area contributed by atoms with Crippen LogP contribution in [0.1, 0.15) is 22.3 Å². The van der Waals surface area contributed by atoms with Gasteiger partial charge in [-0.05, 0) is 36.1 Å². The van der Waals surface area contributed by atoms with Crippen LogP contribution < -0.4 is 5.50 Å². The van der Waals surface area contributed by atoms with Crippen LogP contribution in [0.3, 0.4) is 0 Å². The number of hydrogen-bond donors (Lipinski definition) is 2. The van der Waals surface area contributed by atoms with Crippen LogP contribution in [0.2, 0.25) is 0 Å². The van der Waals surface area contributed by atoms with Gasteiger partial charge in [0.25, 0.3) is 0 Å². The molecule has 2 aromatic rings.